The zero-order chi connectivity index (χ0) is 15.4. The zero-order valence-corrected chi connectivity index (χ0v) is 12.9. The van der Waals surface area contributed by atoms with E-state index in [2.05, 4.69) is 15.3 Å². The highest BCUT2D eigenvalue weighted by Gasteiger charge is 2.17. The van der Waals surface area contributed by atoms with E-state index >= 15 is 0 Å². The van der Waals surface area contributed by atoms with E-state index in [-0.39, 0.29) is 0 Å². The average Bonchev–Trinajstić information content (AvgIpc) is 2.54. The van der Waals surface area contributed by atoms with Gasteiger partial charge in [-0.1, -0.05) is 37.0 Å². The maximum absolute atomic E-state index is 6.17. The number of nitrogens with two attached hydrogens (primary N) is 1. The van der Waals surface area contributed by atoms with Crippen molar-refractivity contribution < 1.29 is 4.74 Å². The van der Waals surface area contributed by atoms with Gasteiger partial charge in [-0.25, -0.2) is 4.98 Å². The molecule has 0 aliphatic heterocycles. The van der Waals surface area contributed by atoms with Crippen LogP contribution < -0.4 is 15.8 Å². The summed E-state index contributed by atoms with van der Waals surface area (Å²) in [6.07, 6.45) is 7.66. The number of aromatic nitrogens is 2. The van der Waals surface area contributed by atoms with Gasteiger partial charge in [-0.05, 0) is 31.9 Å². The highest BCUT2D eigenvalue weighted by molar-refractivity contribution is 5.67. The van der Waals surface area contributed by atoms with Crippen molar-refractivity contribution in [1.29, 1.82) is 0 Å². The summed E-state index contributed by atoms with van der Waals surface area (Å²) < 4.78 is 5.78. The van der Waals surface area contributed by atoms with Gasteiger partial charge in [0.2, 0.25) is 5.88 Å². The SMILES string of the molecule is Cc1ccc(Oc2ncnc(NC3CCCCC3)c2N)cc1. The maximum Gasteiger partial charge on any atom is 0.248 e. The van der Waals surface area contributed by atoms with E-state index in [0.717, 1.165) is 18.6 Å². The van der Waals surface area contributed by atoms with Crippen molar-refractivity contribution in [3.8, 4) is 11.6 Å². The molecule has 3 N–H and O–H groups in total. The Bertz CT molecular complexity index is 621. The number of hydrogen-bond donors (Lipinski definition) is 2. The number of rotatable bonds is 4. The summed E-state index contributed by atoms with van der Waals surface area (Å²) in [5.74, 6) is 1.79. The topological polar surface area (TPSA) is 73.1 Å². The van der Waals surface area contributed by atoms with Crippen LogP contribution in [0.25, 0.3) is 0 Å². The number of aryl methyl sites for hydroxylation is 1. The normalized spacial score (nSPS) is 15.5. The van der Waals surface area contributed by atoms with E-state index in [4.69, 9.17) is 10.5 Å². The van der Waals surface area contributed by atoms with E-state index in [1.165, 1.54) is 31.2 Å². The first-order valence-corrected chi connectivity index (χ1v) is 7.84. The van der Waals surface area contributed by atoms with Crippen LogP contribution in [0.15, 0.2) is 30.6 Å². The number of anilines is 2. The lowest BCUT2D eigenvalue weighted by atomic mass is 9.95. The van der Waals surface area contributed by atoms with Gasteiger partial charge in [-0.2, -0.15) is 4.98 Å². The summed E-state index contributed by atoms with van der Waals surface area (Å²) in [7, 11) is 0. The van der Waals surface area contributed by atoms with Crippen LogP contribution in [-0.4, -0.2) is 16.0 Å². The van der Waals surface area contributed by atoms with E-state index in [9.17, 15) is 0 Å². The molecule has 1 aliphatic carbocycles. The molecule has 0 atom stereocenters. The number of benzene rings is 1. The van der Waals surface area contributed by atoms with Crippen molar-refractivity contribution >= 4 is 11.5 Å². The molecule has 1 aromatic heterocycles. The van der Waals surface area contributed by atoms with Crippen molar-refractivity contribution in [2.75, 3.05) is 11.1 Å². The Balaban J connectivity index is 1.74. The monoisotopic (exact) mass is 298 g/mol. The summed E-state index contributed by atoms with van der Waals surface area (Å²) in [5, 5.41) is 3.43. The minimum Gasteiger partial charge on any atom is -0.437 e. The molecule has 0 bridgehead atoms. The minimum atomic E-state index is 0.400. The molecule has 2 aromatic rings. The molecule has 0 amide bonds. The summed E-state index contributed by atoms with van der Waals surface area (Å²) >= 11 is 0. The number of ether oxygens (including phenoxy) is 1. The molecule has 0 unspecified atom stereocenters. The molecule has 5 nitrogen and oxygen atoms in total. The fourth-order valence-electron chi connectivity index (χ4n) is 2.73. The second-order valence-corrected chi connectivity index (χ2v) is 5.84. The zero-order valence-electron chi connectivity index (χ0n) is 12.9. The summed E-state index contributed by atoms with van der Waals surface area (Å²) in [4.78, 5) is 8.41. The number of nitrogens with zero attached hydrogens (tertiary/aromatic N) is 2. The van der Waals surface area contributed by atoms with Crippen molar-refractivity contribution in [3.63, 3.8) is 0 Å². The van der Waals surface area contributed by atoms with Crippen LogP contribution in [0.3, 0.4) is 0 Å². The predicted octanol–water partition coefficient (Wildman–Crippen LogP) is 3.90. The second-order valence-electron chi connectivity index (χ2n) is 5.84. The van der Waals surface area contributed by atoms with Crippen LogP contribution in [0.1, 0.15) is 37.7 Å². The molecule has 1 heterocycles. The van der Waals surface area contributed by atoms with Crippen molar-refractivity contribution in [1.82, 2.24) is 9.97 Å². The Morgan fingerprint density at radius 1 is 1.09 bits per heavy atom. The molecule has 0 saturated heterocycles. The Hall–Kier alpha value is -2.30. The molecule has 5 heteroatoms. The fourth-order valence-corrected chi connectivity index (χ4v) is 2.73. The number of hydrogen-bond acceptors (Lipinski definition) is 5. The van der Waals surface area contributed by atoms with E-state index in [1.807, 2.05) is 31.2 Å². The Kier molecular flexibility index (Phi) is 4.42. The summed E-state index contributed by atoms with van der Waals surface area (Å²) in [6.45, 7) is 2.04. The Morgan fingerprint density at radius 3 is 2.55 bits per heavy atom. The van der Waals surface area contributed by atoms with Gasteiger partial charge in [-0.15, -0.1) is 0 Å². The standard InChI is InChI=1S/C17H22N4O/c1-12-7-9-14(10-8-12)22-17-15(18)16(19-11-20-17)21-13-5-3-2-4-6-13/h7-11,13H,2-6,18H2,1H3,(H,19,20,21). The van der Waals surface area contributed by atoms with E-state index < -0.39 is 0 Å². The molecule has 22 heavy (non-hydrogen) atoms. The largest absolute Gasteiger partial charge is 0.437 e. The van der Waals surface area contributed by atoms with Gasteiger partial charge in [0.1, 0.15) is 17.8 Å². The molecule has 0 radical (unpaired) electrons. The molecule has 1 fully saturated rings. The number of nitrogens with one attached hydrogen (secondary N) is 1. The van der Waals surface area contributed by atoms with Crippen LogP contribution in [0.2, 0.25) is 0 Å². The van der Waals surface area contributed by atoms with Crippen LogP contribution in [-0.2, 0) is 0 Å². The van der Waals surface area contributed by atoms with E-state index in [0.29, 0.717) is 23.4 Å². The van der Waals surface area contributed by atoms with Crippen LogP contribution in [0.4, 0.5) is 11.5 Å². The molecule has 116 valence electrons. The van der Waals surface area contributed by atoms with Gasteiger partial charge in [0.05, 0.1) is 0 Å². The fraction of sp³-hybridized carbons (Fsp3) is 0.412. The summed E-state index contributed by atoms with van der Waals surface area (Å²) in [6, 6.07) is 8.25. The predicted molar refractivity (Wildman–Crippen MR) is 88.2 cm³/mol. The van der Waals surface area contributed by atoms with Crippen LogP contribution >= 0.6 is 0 Å². The molecule has 1 aromatic carbocycles. The quantitative estimate of drug-likeness (QED) is 0.895. The minimum absolute atomic E-state index is 0.400. The van der Waals surface area contributed by atoms with Gasteiger partial charge in [0, 0.05) is 6.04 Å². The maximum atomic E-state index is 6.17. The molecular weight excluding hydrogens is 276 g/mol. The highest BCUT2D eigenvalue weighted by atomic mass is 16.5. The van der Waals surface area contributed by atoms with Crippen molar-refractivity contribution in [2.45, 2.75) is 45.1 Å². The second kappa shape index (κ2) is 6.64. The van der Waals surface area contributed by atoms with Crippen molar-refractivity contribution in [2.24, 2.45) is 0 Å². The lowest BCUT2D eigenvalue weighted by Crippen LogP contribution is -2.23. The third kappa shape index (κ3) is 3.47. The molecule has 0 spiro atoms. The molecule has 1 saturated carbocycles. The number of nitrogen functional groups attached to an aromatic ring is 1. The third-order valence-corrected chi connectivity index (χ3v) is 4.03. The van der Waals surface area contributed by atoms with E-state index in [1.54, 1.807) is 0 Å². The molecule has 1 aliphatic rings. The summed E-state index contributed by atoms with van der Waals surface area (Å²) in [5.41, 5.74) is 7.82. The lowest BCUT2D eigenvalue weighted by molar-refractivity contribution is 0.457. The average molecular weight is 298 g/mol. The van der Waals surface area contributed by atoms with Gasteiger partial charge < -0.3 is 15.8 Å². The smallest absolute Gasteiger partial charge is 0.248 e. The highest BCUT2D eigenvalue weighted by Crippen LogP contribution is 2.31. The Morgan fingerprint density at radius 2 is 1.82 bits per heavy atom. The third-order valence-electron chi connectivity index (χ3n) is 4.03. The van der Waals surface area contributed by atoms with Gasteiger partial charge in [-0.3, -0.25) is 0 Å². The molecular formula is C17H22N4O. The first-order valence-electron chi connectivity index (χ1n) is 7.84. The van der Waals surface area contributed by atoms with Gasteiger partial charge in [0.15, 0.2) is 5.82 Å². The van der Waals surface area contributed by atoms with Gasteiger partial charge >= 0.3 is 0 Å². The van der Waals surface area contributed by atoms with Gasteiger partial charge in [0.25, 0.3) is 0 Å². The van der Waals surface area contributed by atoms with Crippen LogP contribution in [0, 0.1) is 6.92 Å². The molecule has 3 rings (SSSR count). The van der Waals surface area contributed by atoms with Crippen LogP contribution in [0.5, 0.6) is 11.6 Å². The first kappa shape index (κ1) is 14.6. The van der Waals surface area contributed by atoms with Crippen molar-refractivity contribution in [3.05, 3.63) is 36.2 Å². The Labute approximate surface area is 130 Å². The lowest BCUT2D eigenvalue weighted by Gasteiger charge is -2.24. The first-order chi connectivity index (χ1) is 10.7.